The summed E-state index contributed by atoms with van der Waals surface area (Å²) in [6.07, 6.45) is 3.42. The first-order valence-corrected chi connectivity index (χ1v) is 12.9. The minimum Gasteiger partial charge on any atom is -0.497 e. The summed E-state index contributed by atoms with van der Waals surface area (Å²) < 4.78 is 11.1. The van der Waals surface area contributed by atoms with Gasteiger partial charge in [0, 0.05) is 36.7 Å². The van der Waals surface area contributed by atoms with Gasteiger partial charge in [0.2, 0.25) is 5.91 Å². The highest BCUT2D eigenvalue weighted by Crippen LogP contribution is 2.61. The summed E-state index contributed by atoms with van der Waals surface area (Å²) in [5.74, 6) is 0.594. The van der Waals surface area contributed by atoms with E-state index in [0.29, 0.717) is 30.7 Å². The Morgan fingerprint density at radius 1 is 1.17 bits per heavy atom. The number of methoxy groups -OCH3 is 1. The highest BCUT2D eigenvalue weighted by atomic mass is 16.6. The second-order valence-electron chi connectivity index (χ2n) is 11.1. The molecule has 1 aromatic carbocycles. The molecule has 35 heavy (non-hydrogen) atoms. The maximum Gasteiger partial charge on any atom is 0.411 e. The zero-order valence-electron chi connectivity index (χ0n) is 21.2. The predicted octanol–water partition coefficient (Wildman–Crippen LogP) is 3.81. The molecule has 3 aliphatic rings. The largest absolute Gasteiger partial charge is 0.497 e. The van der Waals surface area contributed by atoms with Gasteiger partial charge in [-0.25, -0.2) is 4.79 Å². The minimum absolute atomic E-state index is 0.0168. The average Bonchev–Trinajstić information content (AvgIpc) is 3.38. The molecule has 1 aliphatic heterocycles. The van der Waals surface area contributed by atoms with Crippen LogP contribution in [-0.4, -0.2) is 66.1 Å². The van der Waals surface area contributed by atoms with E-state index in [-0.39, 0.29) is 29.8 Å². The lowest BCUT2D eigenvalue weighted by Gasteiger charge is -2.60. The molecule has 8 heteroatoms. The number of rotatable bonds is 6. The fourth-order valence-electron chi connectivity index (χ4n) is 7.04. The van der Waals surface area contributed by atoms with Crippen molar-refractivity contribution in [2.45, 2.75) is 71.0 Å². The number of nitrogens with zero attached hydrogens (tertiary/aromatic N) is 1. The molecule has 2 aliphatic carbocycles. The van der Waals surface area contributed by atoms with Gasteiger partial charge in [-0.15, -0.1) is 0 Å². The Kier molecular flexibility index (Phi) is 7.62. The number of fused-ring (bicyclic) bond motifs is 1. The Labute approximate surface area is 208 Å². The van der Waals surface area contributed by atoms with Gasteiger partial charge in [0.25, 0.3) is 0 Å². The quantitative estimate of drug-likeness (QED) is 0.562. The Bertz CT molecular complexity index is 919. The Morgan fingerprint density at radius 3 is 2.60 bits per heavy atom. The first-order valence-electron chi connectivity index (χ1n) is 12.9. The molecule has 0 bridgehead atoms. The maximum atomic E-state index is 13.0. The van der Waals surface area contributed by atoms with E-state index in [4.69, 9.17) is 9.47 Å². The number of likely N-dealkylation sites (tertiary alicyclic amines) is 1. The summed E-state index contributed by atoms with van der Waals surface area (Å²) in [5, 5.41) is 24.3. The van der Waals surface area contributed by atoms with Gasteiger partial charge in [0.15, 0.2) is 0 Å². The molecule has 3 fully saturated rings. The summed E-state index contributed by atoms with van der Waals surface area (Å²) in [6, 6.07) is 7.06. The third-order valence-electron chi connectivity index (χ3n) is 9.09. The summed E-state index contributed by atoms with van der Waals surface area (Å²) in [7, 11) is 1.57. The number of hydrogen-bond donors (Lipinski definition) is 3. The first-order chi connectivity index (χ1) is 16.7. The van der Waals surface area contributed by atoms with Gasteiger partial charge in [-0.2, -0.15) is 0 Å². The molecule has 1 heterocycles. The molecule has 1 aromatic rings. The fourth-order valence-corrected chi connectivity index (χ4v) is 7.04. The fraction of sp³-hybridized carbons (Fsp3) is 0.704. The van der Waals surface area contributed by atoms with Crippen LogP contribution in [0.15, 0.2) is 24.3 Å². The molecular weight excluding hydrogens is 448 g/mol. The van der Waals surface area contributed by atoms with Gasteiger partial charge < -0.3 is 24.6 Å². The standard InChI is InChI=1S/C27H40N2O6/c1-26-12-11-23(35-25(33)28-18-7-6-8-19(15-18)34-3)27(2,17-30)22(26)10-9-21(31)20(26)16-24(32)29-13-4-5-14-29/h6-8,15,20-23,30-31H,4-5,9-14,16-17H2,1-3H3,(H,28,33)/t20-,21-,22-,23-,26+,27+/m1/s1. The SMILES string of the molecule is COc1cccc(NC(=O)O[C@@H]2CC[C@]3(C)[C@@H](CC[C@@H](O)[C@H]3CC(=O)N3CCCC3)[C@]2(C)CO)c1. The van der Waals surface area contributed by atoms with Crippen molar-refractivity contribution in [3.63, 3.8) is 0 Å². The number of anilines is 1. The molecule has 2 amide bonds. The van der Waals surface area contributed by atoms with E-state index in [0.717, 1.165) is 38.8 Å². The highest BCUT2D eigenvalue weighted by Gasteiger charge is 2.60. The van der Waals surface area contributed by atoms with Crippen LogP contribution >= 0.6 is 0 Å². The van der Waals surface area contributed by atoms with Crippen LogP contribution in [-0.2, 0) is 9.53 Å². The second kappa shape index (κ2) is 10.3. The molecule has 3 N–H and O–H groups in total. The van der Waals surface area contributed by atoms with Gasteiger partial charge in [-0.1, -0.05) is 19.9 Å². The topological polar surface area (TPSA) is 108 Å². The molecule has 8 nitrogen and oxygen atoms in total. The van der Waals surface area contributed by atoms with Gasteiger partial charge in [0.05, 0.1) is 19.8 Å². The van der Waals surface area contributed by atoms with Gasteiger partial charge >= 0.3 is 6.09 Å². The van der Waals surface area contributed by atoms with Crippen molar-refractivity contribution in [2.24, 2.45) is 22.7 Å². The third-order valence-corrected chi connectivity index (χ3v) is 9.09. The number of amides is 2. The van der Waals surface area contributed by atoms with Crippen molar-refractivity contribution in [1.82, 2.24) is 4.90 Å². The zero-order valence-corrected chi connectivity index (χ0v) is 21.2. The van der Waals surface area contributed by atoms with E-state index in [1.54, 1.807) is 31.4 Å². The van der Waals surface area contributed by atoms with Crippen LogP contribution in [0, 0.1) is 22.7 Å². The molecule has 6 atom stereocenters. The summed E-state index contributed by atoms with van der Waals surface area (Å²) in [5.41, 5.74) is -0.427. The first kappa shape index (κ1) is 25.8. The van der Waals surface area contributed by atoms with Crippen LogP contribution in [0.2, 0.25) is 0 Å². The predicted molar refractivity (Wildman–Crippen MR) is 132 cm³/mol. The van der Waals surface area contributed by atoms with Crippen LogP contribution in [0.4, 0.5) is 10.5 Å². The van der Waals surface area contributed by atoms with Gasteiger partial charge in [-0.3, -0.25) is 10.1 Å². The molecule has 0 unspecified atom stereocenters. The smallest absolute Gasteiger partial charge is 0.411 e. The van der Waals surface area contributed by atoms with E-state index in [2.05, 4.69) is 12.2 Å². The number of carbonyl (C=O) groups excluding carboxylic acids is 2. The third kappa shape index (κ3) is 5.00. The van der Waals surface area contributed by atoms with E-state index in [9.17, 15) is 19.8 Å². The minimum atomic E-state index is -0.673. The normalized spacial score (nSPS) is 34.7. The zero-order chi connectivity index (χ0) is 25.2. The number of aliphatic hydroxyl groups is 2. The lowest BCUT2D eigenvalue weighted by molar-refractivity contribution is -0.186. The average molecular weight is 489 g/mol. The van der Waals surface area contributed by atoms with E-state index >= 15 is 0 Å². The van der Waals surface area contributed by atoms with Crippen molar-refractivity contribution in [2.75, 3.05) is 32.1 Å². The van der Waals surface area contributed by atoms with Crippen molar-refractivity contribution < 1.29 is 29.3 Å². The Balaban J connectivity index is 1.49. The van der Waals surface area contributed by atoms with Crippen molar-refractivity contribution >= 4 is 17.7 Å². The van der Waals surface area contributed by atoms with Crippen molar-refractivity contribution in [1.29, 1.82) is 0 Å². The number of nitrogens with one attached hydrogen (secondary N) is 1. The number of hydrogen-bond acceptors (Lipinski definition) is 6. The number of carbonyl (C=O) groups is 2. The molecule has 0 aromatic heterocycles. The van der Waals surface area contributed by atoms with Crippen LogP contribution in [0.1, 0.15) is 58.8 Å². The Morgan fingerprint density at radius 2 is 1.91 bits per heavy atom. The van der Waals surface area contributed by atoms with Crippen LogP contribution in [0.5, 0.6) is 5.75 Å². The second-order valence-corrected chi connectivity index (χ2v) is 11.1. The van der Waals surface area contributed by atoms with Crippen molar-refractivity contribution in [3.8, 4) is 5.75 Å². The van der Waals surface area contributed by atoms with Gasteiger partial charge in [0.1, 0.15) is 11.9 Å². The monoisotopic (exact) mass is 488 g/mol. The van der Waals surface area contributed by atoms with E-state index in [1.807, 2.05) is 11.8 Å². The summed E-state index contributed by atoms with van der Waals surface area (Å²) >= 11 is 0. The Hall–Kier alpha value is -2.32. The molecular formula is C27H40N2O6. The molecule has 1 saturated heterocycles. The van der Waals surface area contributed by atoms with Gasteiger partial charge in [-0.05, 0) is 67.9 Å². The molecule has 0 radical (unpaired) electrons. The highest BCUT2D eigenvalue weighted by molar-refractivity contribution is 5.85. The van der Waals surface area contributed by atoms with Crippen molar-refractivity contribution in [3.05, 3.63) is 24.3 Å². The maximum absolute atomic E-state index is 13.0. The lowest BCUT2D eigenvalue weighted by atomic mass is 9.46. The molecule has 0 spiro atoms. The van der Waals surface area contributed by atoms with Crippen LogP contribution < -0.4 is 10.1 Å². The summed E-state index contributed by atoms with van der Waals surface area (Å²) in [4.78, 5) is 27.7. The van der Waals surface area contributed by atoms with E-state index in [1.165, 1.54) is 0 Å². The van der Waals surface area contributed by atoms with Crippen LogP contribution in [0.3, 0.4) is 0 Å². The number of benzene rings is 1. The molecule has 194 valence electrons. The summed E-state index contributed by atoms with van der Waals surface area (Å²) in [6.45, 7) is 5.61. The molecule has 4 rings (SSSR count). The van der Waals surface area contributed by atoms with E-state index < -0.39 is 23.7 Å². The molecule has 2 saturated carbocycles. The van der Waals surface area contributed by atoms with Crippen LogP contribution in [0.25, 0.3) is 0 Å². The number of ether oxygens (including phenoxy) is 2. The number of aliphatic hydroxyl groups excluding tert-OH is 2. The lowest BCUT2D eigenvalue weighted by Crippen LogP contribution is -2.61.